The van der Waals surface area contributed by atoms with E-state index in [2.05, 4.69) is 11.9 Å². The van der Waals surface area contributed by atoms with Crippen molar-refractivity contribution in [2.45, 2.75) is 26.1 Å². The highest BCUT2D eigenvalue weighted by atomic mass is 32.1. The number of carbonyl (C=O) groups is 2. The van der Waals surface area contributed by atoms with Crippen LogP contribution in [0.3, 0.4) is 0 Å². The van der Waals surface area contributed by atoms with Crippen LogP contribution in [0.15, 0.2) is 67.3 Å². The van der Waals surface area contributed by atoms with Gasteiger partial charge in [-0.25, -0.2) is 4.79 Å². The minimum absolute atomic E-state index is 0.0343. The van der Waals surface area contributed by atoms with Gasteiger partial charge in [-0.3, -0.25) is 4.79 Å². The molecule has 0 radical (unpaired) electrons. The number of amides is 3. The summed E-state index contributed by atoms with van der Waals surface area (Å²) < 4.78 is 51.0. The molecule has 0 aliphatic carbocycles. The average molecular weight is 576 g/mol. The number of hydrogen-bond donors (Lipinski definition) is 1. The SMILES string of the molecule is C=CCN(CC(=O)N(CCc1ccc(OC)c(OC)c1)Cc1ccc(C)s1)C(=O)Nc1ccccc1C(F)(F)F. The van der Waals surface area contributed by atoms with Crippen molar-refractivity contribution >= 4 is 29.0 Å². The van der Waals surface area contributed by atoms with E-state index in [4.69, 9.17) is 9.47 Å². The van der Waals surface area contributed by atoms with Crippen molar-refractivity contribution < 1.29 is 32.2 Å². The maximum Gasteiger partial charge on any atom is 0.418 e. The number of hydrogen-bond acceptors (Lipinski definition) is 5. The zero-order valence-corrected chi connectivity index (χ0v) is 23.4. The first-order valence-corrected chi connectivity index (χ1v) is 13.2. The molecule has 2 aromatic carbocycles. The molecule has 0 bridgehead atoms. The lowest BCUT2D eigenvalue weighted by Crippen LogP contribution is -2.45. The maximum atomic E-state index is 13.5. The molecule has 1 N–H and O–H groups in total. The Labute approximate surface area is 235 Å². The van der Waals surface area contributed by atoms with E-state index in [-0.39, 0.29) is 24.7 Å². The van der Waals surface area contributed by atoms with Gasteiger partial charge in [0.2, 0.25) is 5.91 Å². The Bertz CT molecular complexity index is 1330. The molecule has 1 aromatic heterocycles. The Morgan fingerprint density at radius 3 is 2.38 bits per heavy atom. The van der Waals surface area contributed by atoms with Crippen LogP contribution >= 0.6 is 11.3 Å². The van der Waals surface area contributed by atoms with Gasteiger partial charge in [-0.2, -0.15) is 13.2 Å². The first-order valence-electron chi connectivity index (χ1n) is 12.4. The fourth-order valence-corrected chi connectivity index (χ4v) is 4.93. The Hall–Kier alpha value is -3.99. The van der Waals surface area contributed by atoms with Gasteiger partial charge in [-0.15, -0.1) is 17.9 Å². The topological polar surface area (TPSA) is 71.1 Å². The first-order chi connectivity index (χ1) is 19.0. The molecule has 3 amide bonds. The van der Waals surface area contributed by atoms with E-state index in [1.165, 1.54) is 24.3 Å². The molecule has 0 saturated carbocycles. The van der Waals surface area contributed by atoms with Gasteiger partial charge in [0.1, 0.15) is 6.54 Å². The number of methoxy groups -OCH3 is 2. The second-order valence-electron chi connectivity index (χ2n) is 8.91. The van der Waals surface area contributed by atoms with Crippen LogP contribution in [-0.2, 0) is 23.9 Å². The van der Waals surface area contributed by atoms with Gasteiger partial charge in [-0.05, 0) is 55.3 Å². The quantitative estimate of drug-likeness (QED) is 0.254. The molecular weight excluding hydrogens is 543 g/mol. The molecule has 3 aromatic rings. The Kier molecular flexibility index (Phi) is 10.6. The number of carbonyl (C=O) groups excluding carboxylic acids is 2. The number of halogens is 3. The van der Waals surface area contributed by atoms with E-state index in [9.17, 15) is 22.8 Å². The highest BCUT2D eigenvalue weighted by Gasteiger charge is 2.34. The van der Waals surface area contributed by atoms with Crippen LogP contribution in [0.4, 0.5) is 23.7 Å². The van der Waals surface area contributed by atoms with Crippen molar-refractivity contribution in [3.63, 3.8) is 0 Å². The molecule has 1 heterocycles. The number of ether oxygens (including phenoxy) is 2. The number of aryl methyl sites for hydroxylation is 1. The summed E-state index contributed by atoms with van der Waals surface area (Å²) in [7, 11) is 3.09. The lowest BCUT2D eigenvalue weighted by molar-refractivity contribution is -0.137. The number of anilines is 1. The highest BCUT2D eigenvalue weighted by Crippen LogP contribution is 2.34. The van der Waals surface area contributed by atoms with Crippen LogP contribution in [-0.4, -0.2) is 55.6 Å². The minimum Gasteiger partial charge on any atom is -0.493 e. The normalized spacial score (nSPS) is 11.1. The molecule has 3 rings (SSSR count). The number of nitrogens with one attached hydrogen (secondary N) is 1. The van der Waals surface area contributed by atoms with Crippen LogP contribution in [0, 0.1) is 6.92 Å². The monoisotopic (exact) mass is 575 g/mol. The number of alkyl halides is 3. The predicted octanol–water partition coefficient (Wildman–Crippen LogP) is 6.38. The number of urea groups is 1. The zero-order valence-electron chi connectivity index (χ0n) is 22.6. The molecule has 0 fully saturated rings. The predicted molar refractivity (Wildman–Crippen MR) is 150 cm³/mol. The maximum absolute atomic E-state index is 13.5. The molecular formula is C29H32F3N3O4S. The summed E-state index contributed by atoms with van der Waals surface area (Å²) in [6, 6.07) is 13.3. The molecule has 0 unspecified atom stereocenters. The fraction of sp³-hybridized carbons (Fsp3) is 0.310. The van der Waals surface area contributed by atoms with Crippen molar-refractivity contribution in [1.29, 1.82) is 0 Å². The zero-order chi connectivity index (χ0) is 29.3. The largest absolute Gasteiger partial charge is 0.493 e. The lowest BCUT2D eigenvalue weighted by atomic mass is 10.1. The summed E-state index contributed by atoms with van der Waals surface area (Å²) in [4.78, 5) is 31.4. The highest BCUT2D eigenvalue weighted by molar-refractivity contribution is 7.11. The Morgan fingerprint density at radius 2 is 1.75 bits per heavy atom. The molecule has 0 saturated heterocycles. The van der Waals surface area contributed by atoms with E-state index in [1.807, 2.05) is 31.2 Å². The van der Waals surface area contributed by atoms with Gasteiger partial charge in [0, 0.05) is 22.8 Å². The third-order valence-electron chi connectivity index (χ3n) is 6.05. The average Bonchev–Trinajstić information content (AvgIpc) is 3.34. The second-order valence-corrected chi connectivity index (χ2v) is 10.3. The minimum atomic E-state index is -4.65. The standard InChI is InChI=1S/C29H32F3N3O4S/c1-5-15-35(28(37)33-24-9-7-6-8-23(24)29(30,31)32)19-27(36)34(18-22-12-10-20(2)40-22)16-14-21-11-13-25(38-3)26(17-21)39-4/h5-13,17H,1,14-16,18-19H2,2-4H3,(H,33,37). The number of thiophene rings is 1. The van der Waals surface area contributed by atoms with E-state index < -0.39 is 17.8 Å². The summed E-state index contributed by atoms with van der Waals surface area (Å²) in [6.07, 6.45) is -2.73. The van der Waals surface area contributed by atoms with Gasteiger partial charge in [-0.1, -0.05) is 24.3 Å². The molecule has 0 aliphatic heterocycles. The van der Waals surface area contributed by atoms with Crippen molar-refractivity contribution in [1.82, 2.24) is 9.80 Å². The molecule has 214 valence electrons. The van der Waals surface area contributed by atoms with Gasteiger partial charge in [0.25, 0.3) is 0 Å². The van der Waals surface area contributed by atoms with E-state index in [1.54, 1.807) is 36.5 Å². The van der Waals surface area contributed by atoms with Crippen molar-refractivity contribution in [2.24, 2.45) is 0 Å². The van der Waals surface area contributed by atoms with Crippen molar-refractivity contribution in [3.8, 4) is 11.5 Å². The van der Waals surface area contributed by atoms with Gasteiger partial charge in [0.05, 0.1) is 32.0 Å². The van der Waals surface area contributed by atoms with Crippen molar-refractivity contribution in [2.75, 3.05) is 39.2 Å². The molecule has 7 nitrogen and oxygen atoms in total. The van der Waals surface area contributed by atoms with E-state index in [0.717, 1.165) is 26.3 Å². The number of para-hydroxylation sites is 1. The number of benzene rings is 2. The van der Waals surface area contributed by atoms with Crippen LogP contribution in [0.1, 0.15) is 20.9 Å². The van der Waals surface area contributed by atoms with Crippen LogP contribution in [0.5, 0.6) is 11.5 Å². The summed E-state index contributed by atoms with van der Waals surface area (Å²) in [5, 5.41) is 2.31. The number of rotatable bonds is 12. The fourth-order valence-electron chi connectivity index (χ4n) is 4.02. The van der Waals surface area contributed by atoms with E-state index >= 15 is 0 Å². The van der Waals surface area contributed by atoms with E-state index in [0.29, 0.717) is 31.0 Å². The van der Waals surface area contributed by atoms with Crippen molar-refractivity contribution in [3.05, 3.63) is 88.1 Å². The van der Waals surface area contributed by atoms with Gasteiger partial charge < -0.3 is 24.6 Å². The summed E-state index contributed by atoms with van der Waals surface area (Å²) in [5.74, 6) is 0.804. The second kappa shape index (κ2) is 13.9. The molecule has 0 aliphatic rings. The first kappa shape index (κ1) is 30.6. The molecule has 40 heavy (non-hydrogen) atoms. The lowest BCUT2D eigenvalue weighted by Gasteiger charge is -2.27. The molecule has 0 atom stereocenters. The summed E-state index contributed by atoms with van der Waals surface area (Å²) >= 11 is 1.56. The Balaban J connectivity index is 1.78. The number of nitrogens with zero attached hydrogens (tertiary/aromatic N) is 2. The Morgan fingerprint density at radius 1 is 1.02 bits per heavy atom. The van der Waals surface area contributed by atoms with Gasteiger partial charge >= 0.3 is 12.2 Å². The molecule has 0 spiro atoms. The third kappa shape index (κ3) is 8.25. The van der Waals surface area contributed by atoms with Gasteiger partial charge in [0.15, 0.2) is 11.5 Å². The molecule has 11 heteroatoms. The van der Waals surface area contributed by atoms with Crippen LogP contribution in [0.2, 0.25) is 0 Å². The summed E-state index contributed by atoms with van der Waals surface area (Å²) in [6.45, 7) is 5.88. The van der Waals surface area contributed by atoms with Crippen LogP contribution in [0.25, 0.3) is 0 Å². The van der Waals surface area contributed by atoms with Crippen LogP contribution < -0.4 is 14.8 Å². The summed E-state index contributed by atoms with van der Waals surface area (Å²) in [5.41, 5.74) is -0.444. The smallest absolute Gasteiger partial charge is 0.418 e. The third-order valence-corrected chi connectivity index (χ3v) is 7.04.